The Balaban J connectivity index is 1.88. The maximum absolute atomic E-state index is 15.1. The molecule has 0 fully saturated rings. The van der Waals surface area contributed by atoms with Crippen LogP contribution in [0, 0.1) is 12.7 Å². The first-order valence-corrected chi connectivity index (χ1v) is 16.6. The van der Waals surface area contributed by atoms with Gasteiger partial charge in [-0.25, -0.2) is 12.8 Å². The van der Waals surface area contributed by atoms with Crippen molar-refractivity contribution >= 4 is 27.5 Å². The summed E-state index contributed by atoms with van der Waals surface area (Å²) in [6.07, 6.45) is 0.104. The number of nitrogens with zero attached hydrogens (tertiary/aromatic N) is 2. The van der Waals surface area contributed by atoms with Crippen LogP contribution in [0.1, 0.15) is 30.5 Å². The van der Waals surface area contributed by atoms with Crippen molar-refractivity contribution in [2.75, 3.05) is 25.1 Å². The molecule has 248 valence electrons. The molecule has 4 aromatic rings. The van der Waals surface area contributed by atoms with E-state index in [9.17, 15) is 18.0 Å². The molecule has 47 heavy (non-hydrogen) atoms. The number of sulfonamides is 1. The maximum atomic E-state index is 15.1. The van der Waals surface area contributed by atoms with Gasteiger partial charge in [-0.2, -0.15) is 0 Å². The van der Waals surface area contributed by atoms with Crippen LogP contribution in [0.4, 0.5) is 10.1 Å². The van der Waals surface area contributed by atoms with Crippen LogP contribution in [0.25, 0.3) is 0 Å². The molecule has 0 saturated heterocycles. The highest BCUT2D eigenvalue weighted by molar-refractivity contribution is 7.92. The number of benzene rings is 4. The molecule has 11 heteroatoms. The molecule has 0 aliphatic rings. The Kier molecular flexibility index (Phi) is 11.6. The Morgan fingerprint density at radius 3 is 2.15 bits per heavy atom. The first-order chi connectivity index (χ1) is 22.4. The van der Waals surface area contributed by atoms with E-state index in [1.807, 2.05) is 37.3 Å². The zero-order valence-electron chi connectivity index (χ0n) is 27.1. The molecule has 0 radical (unpaired) electrons. The predicted molar refractivity (Wildman–Crippen MR) is 179 cm³/mol. The van der Waals surface area contributed by atoms with Crippen molar-refractivity contribution in [3.63, 3.8) is 0 Å². The standard InChI is InChI=1S/C36H40FN3O6S/c1-25(2)38-36(42)33(21-27-11-7-6-8-12-27)39(23-28-13-9-10-14-31(28)37)35(41)24-40(32-22-29(45-4)17-20-34(32)46-5)47(43,44)30-18-15-26(3)16-19-30/h6-20,22,25,33H,21,23-24H2,1-5H3,(H,38,42)/t33-/m1/s1. The molecular weight excluding hydrogens is 621 g/mol. The number of nitrogens with one attached hydrogen (secondary N) is 1. The van der Waals surface area contributed by atoms with Crippen molar-refractivity contribution < 1.29 is 31.9 Å². The zero-order chi connectivity index (χ0) is 34.1. The molecule has 1 N–H and O–H groups in total. The summed E-state index contributed by atoms with van der Waals surface area (Å²) in [4.78, 5) is 29.6. The molecule has 0 aliphatic carbocycles. The van der Waals surface area contributed by atoms with Gasteiger partial charge in [0.05, 0.1) is 24.8 Å². The summed E-state index contributed by atoms with van der Waals surface area (Å²) in [6.45, 7) is 4.41. The highest BCUT2D eigenvalue weighted by Crippen LogP contribution is 2.36. The first-order valence-electron chi connectivity index (χ1n) is 15.1. The fourth-order valence-electron chi connectivity index (χ4n) is 5.09. The number of ether oxygens (including phenoxy) is 2. The number of carbonyl (C=O) groups excluding carboxylic acids is 2. The SMILES string of the molecule is COc1ccc(OC)c(N(CC(=O)N(Cc2ccccc2F)[C@H](Cc2ccccc2)C(=O)NC(C)C)S(=O)(=O)c2ccc(C)cc2)c1. The van der Waals surface area contributed by atoms with Crippen molar-refractivity contribution in [1.29, 1.82) is 0 Å². The lowest BCUT2D eigenvalue weighted by molar-refractivity contribution is -0.140. The van der Waals surface area contributed by atoms with Gasteiger partial charge in [0.25, 0.3) is 10.0 Å². The molecule has 4 aromatic carbocycles. The normalized spacial score (nSPS) is 11.9. The van der Waals surface area contributed by atoms with Gasteiger partial charge in [0.15, 0.2) is 0 Å². The van der Waals surface area contributed by atoms with Gasteiger partial charge < -0.3 is 19.7 Å². The van der Waals surface area contributed by atoms with Gasteiger partial charge in [-0.1, -0.05) is 66.2 Å². The molecule has 9 nitrogen and oxygen atoms in total. The van der Waals surface area contributed by atoms with Gasteiger partial charge in [0, 0.05) is 30.6 Å². The highest BCUT2D eigenvalue weighted by atomic mass is 32.2. The predicted octanol–water partition coefficient (Wildman–Crippen LogP) is 5.51. The third kappa shape index (κ3) is 8.68. The summed E-state index contributed by atoms with van der Waals surface area (Å²) in [5.41, 5.74) is 1.84. The molecule has 4 rings (SSSR count). The summed E-state index contributed by atoms with van der Waals surface area (Å²) in [7, 11) is -1.56. The van der Waals surface area contributed by atoms with Crippen LogP contribution in [0.2, 0.25) is 0 Å². The minimum Gasteiger partial charge on any atom is -0.497 e. The third-order valence-corrected chi connectivity index (χ3v) is 9.32. The molecule has 0 saturated carbocycles. The Morgan fingerprint density at radius 1 is 0.872 bits per heavy atom. The summed E-state index contributed by atoms with van der Waals surface area (Å²) in [5, 5.41) is 2.88. The Morgan fingerprint density at radius 2 is 1.53 bits per heavy atom. The van der Waals surface area contributed by atoms with Crippen LogP contribution >= 0.6 is 0 Å². The average Bonchev–Trinajstić information content (AvgIpc) is 3.05. The highest BCUT2D eigenvalue weighted by Gasteiger charge is 2.36. The monoisotopic (exact) mass is 661 g/mol. The molecule has 0 spiro atoms. The van der Waals surface area contributed by atoms with Crippen molar-refractivity contribution in [3.8, 4) is 11.5 Å². The lowest BCUT2D eigenvalue weighted by Crippen LogP contribution is -2.54. The van der Waals surface area contributed by atoms with Crippen LogP contribution in [-0.4, -0.2) is 58.0 Å². The van der Waals surface area contributed by atoms with Gasteiger partial charge in [0.1, 0.15) is 29.9 Å². The van der Waals surface area contributed by atoms with Crippen LogP contribution in [0.15, 0.2) is 102 Å². The van der Waals surface area contributed by atoms with Crippen LogP contribution in [0.3, 0.4) is 0 Å². The Hall–Kier alpha value is -4.90. The number of methoxy groups -OCH3 is 2. The summed E-state index contributed by atoms with van der Waals surface area (Å²) >= 11 is 0. The van der Waals surface area contributed by atoms with Crippen molar-refractivity contribution in [2.24, 2.45) is 0 Å². The second-order valence-corrected chi connectivity index (χ2v) is 13.2. The van der Waals surface area contributed by atoms with Crippen molar-refractivity contribution in [2.45, 2.75) is 50.7 Å². The molecular formula is C36H40FN3O6S. The van der Waals surface area contributed by atoms with E-state index in [2.05, 4.69) is 5.32 Å². The summed E-state index contributed by atoms with van der Waals surface area (Å²) in [6, 6.07) is 24.6. The van der Waals surface area contributed by atoms with E-state index in [-0.39, 0.29) is 40.9 Å². The van der Waals surface area contributed by atoms with E-state index in [4.69, 9.17) is 9.47 Å². The third-order valence-electron chi connectivity index (χ3n) is 7.54. The van der Waals surface area contributed by atoms with Gasteiger partial charge in [-0.05, 0) is 56.7 Å². The number of hydrogen-bond acceptors (Lipinski definition) is 6. The number of halogens is 1. The molecule has 0 heterocycles. The van der Waals surface area contributed by atoms with Crippen LogP contribution in [0.5, 0.6) is 11.5 Å². The van der Waals surface area contributed by atoms with Gasteiger partial charge in [-0.15, -0.1) is 0 Å². The van der Waals surface area contributed by atoms with Crippen LogP contribution in [-0.2, 0) is 32.6 Å². The summed E-state index contributed by atoms with van der Waals surface area (Å²) in [5.74, 6) is -1.24. The van der Waals surface area contributed by atoms with Crippen molar-refractivity contribution in [1.82, 2.24) is 10.2 Å². The Labute approximate surface area is 276 Å². The second-order valence-electron chi connectivity index (χ2n) is 11.3. The maximum Gasteiger partial charge on any atom is 0.264 e. The fraction of sp³-hybridized carbons (Fsp3) is 0.278. The summed E-state index contributed by atoms with van der Waals surface area (Å²) < 4.78 is 55.6. The van der Waals surface area contributed by atoms with E-state index in [1.54, 1.807) is 44.2 Å². The smallest absolute Gasteiger partial charge is 0.264 e. The number of aryl methyl sites for hydroxylation is 1. The number of anilines is 1. The van der Waals surface area contributed by atoms with Gasteiger partial charge >= 0.3 is 0 Å². The largest absolute Gasteiger partial charge is 0.497 e. The number of amides is 2. The van der Waals surface area contributed by atoms with Gasteiger partial charge in [0.2, 0.25) is 11.8 Å². The number of carbonyl (C=O) groups is 2. The lowest BCUT2D eigenvalue weighted by Gasteiger charge is -2.34. The van der Waals surface area contributed by atoms with E-state index < -0.39 is 40.2 Å². The molecule has 0 unspecified atom stereocenters. The topological polar surface area (TPSA) is 105 Å². The molecule has 0 bridgehead atoms. The van der Waals surface area contributed by atoms with E-state index >= 15 is 4.39 Å². The first kappa shape index (κ1) is 35.0. The molecule has 0 aliphatic heterocycles. The molecule has 1 atom stereocenters. The Bertz CT molecular complexity index is 1780. The zero-order valence-corrected chi connectivity index (χ0v) is 28.0. The number of rotatable bonds is 14. The quantitative estimate of drug-likeness (QED) is 0.191. The lowest BCUT2D eigenvalue weighted by atomic mass is 10.0. The second kappa shape index (κ2) is 15.6. The minimum atomic E-state index is -4.39. The minimum absolute atomic E-state index is 0.0536. The molecule has 0 aromatic heterocycles. The fourth-order valence-corrected chi connectivity index (χ4v) is 6.50. The van der Waals surface area contributed by atoms with E-state index in [0.717, 1.165) is 15.4 Å². The average molecular weight is 662 g/mol. The van der Waals surface area contributed by atoms with Crippen LogP contribution < -0.4 is 19.1 Å². The van der Waals surface area contributed by atoms with Crippen molar-refractivity contribution in [3.05, 3.63) is 120 Å². The van der Waals surface area contributed by atoms with E-state index in [0.29, 0.717) is 5.75 Å². The van der Waals surface area contributed by atoms with Gasteiger partial charge in [-0.3, -0.25) is 13.9 Å². The number of hydrogen-bond donors (Lipinski definition) is 1. The molecule has 2 amide bonds. The van der Waals surface area contributed by atoms with E-state index in [1.165, 1.54) is 55.5 Å².